The summed E-state index contributed by atoms with van der Waals surface area (Å²) in [5, 5.41) is 0. The summed E-state index contributed by atoms with van der Waals surface area (Å²) in [6.45, 7) is 7.82. The molecule has 0 unspecified atom stereocenters. The molecule has 1 heterocycles. The minimum Gasteiger partial charge on any atom is -0.347 e. The third-order valence-corrected chi connectivity index (χ3v) is 6.13. The van der Waals surface area contributed by atoms with Crippen LogP contribution in [0.15, 0.2) is 11.1 Å². The number of carbonyl (C=O) groups excluding carboxylic acids is 1. The van der Waals surface area contributed by atoms with Crippen molar-refractivity contribution >= 4 is 5.78 Å². The number of rotatable bonds is 0. The third-order valence-electron chi connectivity index (χ3n) is 6.13. The van der Waals surface area contributed by atoms with Crippen molar-refractivity contribution < 1.29 is 14.3 Å². The van der Waals surface area contributed by atoms with E-state index in [1.54, 1.807) is 0 Å². The molecule has 98 valence electrons. The molecule has 3 heteroatoms. The predicted octanol–water partition coefficient (Wildman–Crippen LogP) is 2.31. The van der Waals surface area contributed by atoms with Gasteiger partial charge < -0.3 is 9.47 Å². The molecule has 0 aromatic carbocycles. The van der Waals surface area contributed by atoms with Crippen LogP contribution in [-0.4, -0.2) is 24.8 Å². The predicted molar refractivity (Wildman–Crippen MR) is 65.8 cm³/mol. The molecule has 18 heavy (non-hydrogen) atoms. The van der Waals surface area contributed by atoms with Gasteiger partial charge in [-0.25, -0.2) is 0 Å². The van der Waals surface area contributed by atoms with Crippen molar-refractivity contribution in [1.82, 2.24) is 0 Å². The summed E-state index contributed by atoms with van der Waals surface area (Å²) in [7, 11) is 0. The summed E-state index contributed by atoms with van der Waals surface area (Å²) < 4.78 is 11.9. The van der Waals surface area contributed by atoms with Gasteiger partial charge in [0.05, 0.1) is 13.2 Å². The Hall–Kier alpha value is -0.670. The lowest BCUT2D eigenvalue weighted by Gasteiger charge is -2.57. The van der Waals surface area contributed by atoms with Crippen LogP contribution in [-0.2, 0) is 14.3 Å². The Balaban J connectivity index is 1.78. The van der Waals surface area contributed by atoms with Gasteiger partial charge in [0.2, 0.25) is 0 Å². The first-order valence-electron chi connectivity index (χ1n) is 7.01. The molecule has 3 aliphatic carbocycles. The Morgan fingerprint density at radius 2 is 1.83 bits per heavy atom. The van der Waals surface area contributed by atoms with Crippen LogP contribution in [0.4, 0.5) is 0 Å². The Morgan fingerprint density at radius 1 is 1.17 bits per heavy atom. The molecule has 0 bridgehead atoms. The van der Waals surface area contributed by atoms with Crippen LogP contribution in [0, 0.1) is 23.2 Å². The average molecular weight is 248 g/mol. The maximum atomic E-state index is 12.4. The van der Waals surface area contributed by atoms with E-state index in [1.165, 1.54) is 5.57 Å². The van der Waals surface area contributed by atoms with Crippen molar-refractivity contribution in [2.45, 2.75) is 39.4 Å². The highest BCUT2D eigenvalue weighted by molar-refractivity contribution is 6.02. The molecule has 3 nitrogen and oxygen atoms in total. The zero-order valence-electron chi connectivity index (χ0n) is 11.3. The van der Waals surface area contributed by atoms with Gasteiger partial charge in [0.15, 0.2) is 11.6 Å². The summed E-state index contributed by atoms with van der Waals surface area (Å²) >= 11 is 0. The van der Waals surface area contributed by atoms with Gasteiger partial charge in [0.1, 0.15) is 0 Å². The van der Waals surface area contributed by atoms with Crippen molar-refractivity contribution in [2.75, 3.05) is 13.2 Å². The largest absolute Gasteiger partial charge is 0.347 e. The Kier molecular flexibility index (Phi) is 1.91. The fourth-order valence-corrected chi connectivity index (χ4v) is 5.31. The fraction of sp³-hybridized carbons (Fsp3) is 0.800. The van der Waals surface area contributed by atoms with Crippen LogP contribution in [0.3, 0.4) is 0 Å². The summed E-state index contributed by atoms with van der Waals surface area (Å²) in [5.41, 5.74) is 2.53. The van der Waals surface area contributed by atoms with E-state index in [-0.39, 0.29) is 17.3 Å². The molecule has 0 radical (unpaired) electrons. The number of Topliss-reactive ketones (excluding diaryl/α,β-unsaturated/α-hetero) is 1. The smallest absolute Gasteiger partial charge is 0.172 e. The minimum atomic E-state index is -0.434. The quantitative estimate of drug-likeness (QED) is 0.660. The standard InChI is InChI=1S/C15H20O3/c1-8-9(2)12(16)10-11(8)14(3)4-5-15(13(10)14)17-6-7-18-15/h10-11,13H,4-7H2,1-3H3/t10-,11-,13-,14+/m0/s1. The van der Waals surface area contributed by atoms with Gasteiger partial charge in [-0.1, -0.05) is 12.5 Å². The molecule has 0 N–H and O–H groups in total. The summed E-state index contributed by atoms with van der Waals surface area (Å²) in [5.74, 6) is 0.770. The second kappa shape index (κ2) is 3.07. The summed E-state index contributed by atoms with van der Waals surface area (Å²) in [6.07, 6.45) is 2.08. The maximum absolute atomic E-state index is 12.4. The molecule has 2 saturated carbocycles. The van der Waals surface area contributed by atoms with Crippen LogP contribution in [0.1, 0.15) is 33.6 Å². The fourth-order valence-electron chi connectivity index (χ4n) is 5.31. The minimum absolute atomic E-state index is 0.135. The van der Waals surface area contributed by atoms with Gasteiger partial charge >= 0.3 is 0 Å². The third kappa shape index (κ3) is 0.958. The number of carbonyl (C=O) groups is 1. The van der Waals surface area contributed by atoms with E-state index in [0.717, 1.165) is 18.4 Å². The molecule has 0 aromatic rings. The SMILES string of the molecule is CC1=C(C)[C@H]2[C@@H](C1=O)[C@@H]1C3(CC[C@@]12C)OCCO3. The summed E-state index contributed by atoms with van der Waals surface area (Å²) in [6, 6.07) is 0. The van der Waals surface area contributed by atoms with Gasteiger partial charge in [0, 0.05) is 18.3 Å². The molecule has 3 fully saturated rings. The Labute approximate surface area is 108 Å². The first-order chi connectivity index (χ1) is 8.51. The Morgan fingerprint density at radius 3 is 2.50 bits per heavy atom. The van der Waals surface area contributed by atoms with Crippen LogP contribution < -0.4 is 0 Å². The molecule has 4 atom stereocenters. The van der Waals surface area contributed by atoms with Crippen LogP contribution >= 0.6 is 0 Å². The van der Waals surface area contributed by atoms with Gasteiger partial charge in [-0.15, -0.1) is 0 Å². The van der Waals surface area contributed by atoms with Crippen molar-refractivity contribution in [2.24, 2.45) is 23.2 Å². The van der Waals surface area contributed by atoms with Crippen LogP contribution in [0.5, 0.6) is 0 Å². The van der Waals surface area contributed by atoms with Crippen molar-refractivity contribution in [3.63, 3.8) is 0 Å². The number of ether oxygens (including phenoxy) is 2. The van der Waals surface area contributed by atoms with E-state index in [9.17, 15) is 4.79 Å². The first-order valence-corrected chi connectivity index (χ1v) is 7.01. The number of allylic oxidation sites excluding steroid dienone is 2. The topological polar surface area (TPSA) is 35.5 Å². The lowest BCUT2D eigenvalue weighted by atomic mass is 9.47. The van der Waals surface area contributed by atoms with Crippen LogP contribution in [0.25, 0.3) is 0 Å². The van der Waals surface area contributed by atoms with E-state index >= 15 is 0 Å². The first kappa shape index (κ1) is 11.2. The summed E-state index contributed by atoms with van der Waals surface area (Å²) in [4.78, 5) is 12.4. The van der Waals surface area contributed by atoms with Gasteiger partial charge in [0.25, 0.3) is 0 Å². The normalized spacial score (nSPS) is 48.6. The van der Waals surface area contributed by atoms with E-state index in [4.69, 9.17) is 9.47 Å². The van der Waals surface area contributed by atoms with Gasteiger partial charge in [-0.2, -0.15) is 0 Å². The van der Waals surface area contributed by atoms with Gasteiger partial charge in [-0.3, -0.25) is 4.79 Å². The lowest BCUT2D eigenvalue weighted by Crippen LogP contribution is -2.60. The van der Waals surface area contributed by atoms with E-state index in [0.29, 0.717) is 24.9 Å². The van der Waals surface area contributed by atoms with E-state index in [1.807, 2.05) is 6.92 Å². The maximum Gasteiger partial charge on any atom is 0.172 e. The lowest BCUT2D eigenvalue weighted by molar-refractivity contribution is -0.243. The molecule has 4 rings (SSSR count). The second-order valence-corrected chi connectivity index (χ2v) is 6.67. The highest BCUT2D eigenvalue weighted by atomic mass is 16.7. The molecular weight excluding hydrogens is 228 g/mol. The second-order valence-electron chi connectivity index (χ2n) is 6.67. The molecule has 0 aromatic heterocycles. The van der Waals surface area contributed by atoms with E-state index < -0.39 is 5.79 Å². The number of ketones is 1. The molecule has 1 saturated heterocycles. The zero-order valence-corrected chi connectivity index (χ0v) is 11.3. The molecular formula is C15H20O3. The molecule has 1 aliphatic heterocycles. The number of fused-ring (bicyclic) bond motifs is 5. The van der Waals surface area contributed by atoms with Crippen molar-refractivity contribution in [3.05, 3.63) is 11.1 Å². The van der Waals surface area contributed by atoms with Crippen molar-refractivity contribution in [1.29, 1.82) is 0 Å². The highest BCUT2D eigenvalue weighted by Crippen LogP contribution is 2.73. The van der Waals surface area contributed by atoms with Gasteiger partial charge in [-0.05, 0) is 37.2 Å². The van der Waals surface area contributed by atoms with E-state index in [2.05, 4.69) is 13.8 Å². The van der Waals surface area contributed by atoms with Crippen LogP contribution in [0.2, 0.25) is 0 Å². The molecule has 0 amide bonds. The average Bonchev–Trinajstić information content (AvgIpc) is 2.93. The zero-order chi connectivity index (χ0) is 12.7. The monoisotopic (exact) mass is 248 g/mol. The number of hydrogen-bond donors (Lipinski definition) is 0. The van der Waals surface area contributed by atoms with Crippen molar-refractivity contribution in [3.8, 4) is 0 Å². The number of hydrogen-bond acceptors (Lipinski definition) is 3. The molecule has 1 spiro atoms. The Bertz CT molecular complexity index is 472. The molecule has 4 aliphatic rings. The highest BCUT2D eigenvalue weighted by Gasteiger charge is 2.75.